The first kappa shape index (κ1) is 61.0. The van der Waals surface area contributed by atoms with Crippen molar-refractivity contribution in [1.29, 1.82) is 0 Å². The number of fused-ring (bicyclic) bond motifs is 4. The van der Waals surface area contributed by atoms with Crippen LogP contribution in [0.2, 0.25) is 10.0 Å². The molecule has 406 valence electrons. The molecule has 0 bridgehead atoms. The van der Waals surface area contributed by atoms with Gasteiger partial charge in [0.15, 0.2) is 28.9 Å². The Kier molecular flexibility index (Phi) is 17.5. The number of halogens is 2. The Hall–Kier alpha value is -7.61. The van der Waals surface area contributed by atoms with Gasteiger partial charge < -0.3 is 20.8 Å². The molecular weight excluding hydrogens is 1180 g/mol. The summed E-state index contributed by atoms with van der Waals surface area (Å²) in [5.74, 6) is -4.84. The van der Waals surface area contributed by atoms with Gasteiger partial charge in [0.1, 0.15) is 21.2 Å². The van der Waals surface area contributed by atoms with Gasteiger partial charge in [-0.1, -0.05) is 107 Å². The first-order valence-electron chi connectivity index (χ1n) is 24.3. The van der Waals surface area contributed by atoms with Crippen LogP contribution < -0.4 is 80.0 Å². The Morgan fingerprint density at radius 3 is 1.11 bits per heavy atom. The Bertz CT molecular complexity index is 4270. The van der Waals surface area contributed by atoms with E-state index in [1.165, 1.54) is 121 Å². The predicted molar refractivity (Wildman–Crippen MR) is 299 cm³/mol. The molecule has 19 nitrogen and oxygen atoms in total. The summed E-state index contributed by atoms with van der Waals surface area (Å²) >= 11 is 12.1. The van der Waals surface area contributed by atoms with E-state index in [1.54, 1.807) is 12.1 Å². The monoisotopic (exact) mass is 1210 g/mol. The molecule has 0 radical (unpaired) electrons. The van der Waals surface area contributed by atoms with Crippen LogP contribution in [0.5, 0.6) is 11.5 Å². The molecule has 11 rings (SSSR count). The standard InChI is InChI=1S/C59H36Cl2N6O13S2.2Na/c60-33-13-17-35(18-14-33)62-43-27-47(81(75,76)77)53(51-49(43)56(71)37-5-1-3-7-39(37)58(51)73)66-64-41-25-29(9-21-45(41)68)23-31-11-12-32(55(31)70)24-30-10-22-46(69)42(26-30)65-67-54-48(82(78,79)80)28-44(63-36-19-15-34(61)16-20-36)50-52(54)59(74)40-8-4-2-6-38(40)57(50)72;;/h1-10,13-28,62-63,68-69H,11-12H2,(H,75,76,77)(H,78,79,80);;/q;2*+1/p-2/b31-23+,32-24+,66-64?,67-65?;;. The summed E-state index contributed by atoms with van der Waals surface area (Å²) in [5.41, 5.74) is -2.45. The topological polar surface area (TPSA) is 314 Å². The summed E-state index contributed by atoms with van der Waals surface area (Å²) in [7, 11) is -10.4. The number of carbonyl (C=O) groups is 5. The zero-order valence-corrected chi connectivity index (χ0v) is 50.8. The number of anilines is 4. The summed E-state index contributed by atoms with van der Waals surface area (Å²) in [5, 5.41) is 49.3. The molecule has 0 spiro atoms. The van der Waals surface area contributed by atoms with Gasteiger partial charge in [-0.3, -0.25) is 33.1 Å². The van der Waals surface area contributed by atoms with E-state index in [4.69, 9.17) is 23.2 Å². The summed E-state index contributed by atoms with van der Waals surface area (Å²) in [6.07, 6.45) is 3.37. The van der Waals surface area contributed by atoms with Crippen LogP contribution in [0.25, 0.3) is 12.2 Å². The minimum Gasteiger partial charge on any atom is -0.871 e. The van der Waals surface area contributed by atoms with Crippen molar-refractivity contribution in [3.63, 3.8) is 0 Å². The normalized spacial score (nSPS) is 14.7. The van der Waals surface area contributed by atoms with Crippen LogP contribution in [-0.4, -0.2) is 54.9 Å². The fraction of sp³-hybridized carbons (Fsp3) is 0.0339. The molecule has 3 aliphatic rings. The average Bonchev–Trinajstić information content (AvgIpc) is 1.73. The van der Waals surface area contributed by atoms with Crippen LogP contribution in [0.3, 0.4) is 0 Å². The fourth-order valence-corrected chi connectivity index (χ4v) is 11.2. The number of carbonyl (C=O) groups excluding carboxylic acids is 5. The zero-order chi connectivity index (χ0) is 57.9. The van der Waals surface area contributed by atoms with E-state index in [-0.39, 0.29) is 150 Å². The Labute approximate surface area is 532 Å². The van der Waals surface area contributed by atoms with Gasteiger partial charge in [0.05, 0.1) is 45.0 Å². The maximum Gasteiger partial charge on any atom is 1.00 e. The van der Waals surface area contributed by atoms with Crippen molar-refractivity contribution in [1.82, 2.24) is 0 Å². The quantitative estimate of drug-likeness (QED) is 0.0449. The molecule has 0 amide bonds. The second kappa shape index (κ2) is 24.2. The van der Waals surface area contributed by atoms with Gasteiger partial charge in [-0.15, -0.1) is 10.2 Å². The summed E-state index contributed by atoms with van der Waals surface area (Å²) in [6, 6.07) is 33.3. The van der Waals surface area contributed by atoms with Crippen molar-refractivity contribution in [3.8, 4) is 11.5 Å². The molecule has 0 aromatic heterocycles. The Balaban J connectivity index is 0.00000423. The van der Waals surface area contributed by atoms with Crippen molar-refractivity contribution >= 4 is 130 Å². The Morgan fingerprint density at radius 2 is 0.774 bits per heavy atom. The number of nitrogens with zero attached hydrogens (tertiary/aromatic N) is 4. The zero-order valence-electron chi connectivity index (χ0n) is 43.7. The molecule has 1 saturated carbocycles. The van der Waals surface area contributed by atoms with E-state index in [1.807, 2.05) is 0 Å². The van der Waals surface area contributed by atoms with Gasteiger partial charge in [-0.2, -0.15) is 27.1 Å². The molecule has 0 atom stereocenters. The second-order valence-electron chi connectivity index (χ2n) is 18.7. The number of allylic oxidation sites excluding steroid dienone is 2. The van der Waals surface area contributed by atoms with E-state index in [0.717, 1.165) is 24.3 Å². The third-order valence-electron chi connectivity index (χ3n) is 13.5. The van der Waals surface area contributed by atoms with Crippen molar-refractivity contribution in [2.24, 2.45) is 20.5 Å². The number of ketones is 5. The largest absolute Gasteiger partial charge is 1.00 e. The molecule has 84 heavy (non-hydrogen) atoms. The van der Waals surface area contributed by atoms with E-state index in [9.17, 15) is 60.1 Å². The maximum absolute atomic E-state index is 14.3. The van der Waals surface area contributed by atoms with E-state index < -0.39 is 92.9 Å². The van der Waals surface area contributed by atoms with Gasteiger partial charge in [0.25, 0.3) is 20.2 Å². The number of hydrogen-bond acceptors (Lipinski definition) is 17. The van der Waals surface area contributed by atoms with Crippen LogP contribution >= 0.6 is 23.2 Å². The van der Waals surface area contributed by atoms with Crippen molar-refractivity contribution in [3.05, 3.63) is 222 Å². The second-order valence-corrected chi connectivity index (χ2v) is 22.3. The minimum absolute atomic E-state index is 0. The van der Waals surface area contributed by atoms with Crippen LogP contribution in [0.1, 0.15) is 87.7 Å². The molecule has 0 aliphatic heterocycles. The van der Waals surface area contributed by atoms with Gasteiger partial charge in [-0.05, 0) is 109 Å². The molecule has 8 aromatic rings. The molecule has 4 N–H and O–H groups in total. The third kappa shape index (κ3) is 11.9. The molecule has 0 unspecified atom stereocenters. The first-order chi connectivity index (χ1) is 39.1. The number of nitrogens with one attached hydrogen (secondary N) is 2. The van der Waals surface area contributed by atoms with E-state index in [2.05, 4.69) is 31.1 Å². The number of Topliss-reactive ketones (excluding diaryl/α,β-unsaturated/α-hetero) is 1. The Morgan fingerprint density at radius 1 is 0.440 bits per heavy atom. The molecular formula is C59H34Cl2N6Na2O13S2. The van der Waals surface area contributed by atoms with Gasteiger partial charge in [-0.25, -0.2) is 0 Å². The minimum atomic E-state index is -5.22. The predicted octanol–water partition coefficient (Wildman–Crippen LogP) is 6.34. The molecule has 3 aliphatic carbocycles. The number of azo groups is 2. The van der Waals surface area contributed by atoms with Crippen molar-refractivity contribution < 1.29 is 119 Å². The molecule has 25 heteroatoms. The van der Waals surface area contributed by atoms with E-state index in [0.29, 0.717) is 21.4 Å². The van der Waals surface area contributed by atoms with Crippen LogP contribution in [0.15, 0.2) is 187 Å². The number of hydrogen-bond donors (Lipinski definition) is 4. The van der Waals surface area contributed by atoms with Crippen molar-refractivity contribution in [2.45, 2.75) is 22.6 Å². The summed E-state index contributed by atoms with van der Waals surface area (Å²) in [4.78, 5) is 68.9. The van der Waals surface area contributed by atoms with Gasteiger partial charge >= 0.3 is 59.1 Å². The average molecular weight is 1220 g/mol. The molecule has 8 aromatic carbocycles. The molecule has 1 fully saturated rings. The fourth-order valence-electron chi connectivity index (χ4n) is 9.67. The van der Waals surface area contributed by atoms with Gasteiger partial charge in [0, 0.05) is 54.8 Å². The number of rotatable bonds is 12. The third-order valence-corrected chi connectivity index (χ3v) is 15.7. The van der Waals surface area contributed by atoms with Crippen LogP contribution in [-0.2, 0) is 25.0 Å². The van der Waals surface area contributed by atoms with E-state index >= 15 is 0 Å². The maximum atomic E-state index is 14.3. The number of benzene rings is 8. The van der Waals surface area contributed by atoms with Crippen LogP contribution in [0.4, 0.5) is 45.5 Å². The van der Waals surface area contributed by atoms with Gasteiger partial charge in [0.2, 0.25) is 0 Å². The summed E-state index contributed by atoms with van der Waals surface area (Å²) < 4.78 is 73.3. The molecule has 0 heterocycles. The summed E-state index contributed by atoms with van der Waals surface area (Å²) in [6.45, 7) is 0. The van der Waals surface area contributed by atoms with Crippen LogP contribution in [0, 0.1) is 0 Å². The first-order valence-corrected chi connectivity index (χ1v) is 28.0. The van der Waals surface area contributed by atoms with Crippen molar-refractivity contribution in [2.75, 3.05) is 10.6 Å². The molecule has 0 saturated heterocycles. The SMILES string of the molecule is O=C1/C(=C/c2ccc([O-])c(N=Nc3c(S(=O)(=O)O)cc(Nc4ccc(Cl)cc4)c4c3C(=O)c3ccccc3C4=O)c2)CC/C1=C\c1ccc([O-])c(N=Nc2c(S(=O)(=O)O)cc(Nc3ccc(Cl)cc3)c3c2C(=O)c2ccccc2C3=O)c1.[Na+].[Na+]. The smallest absolute Gasteiger partial charge is 0.871 e.